The summed E-state index contributed by atoms with van der Waals surface area (Å²) in [6.07, 6.45) is 4.10. The molecule has 1 saturated heterocycles. The standard InChI is InChI=1S/C11H15BrN2O2/c12-9-4-8(5-13)11(14-6-9)16-7-10-2-1-3-15-10/h4,6,10H,1-3,5,7,13H2. The van der Waals surface area contributed by atoms with Crippen molar-refractivity contribution in [3.63, 3.8) is 0 Å². The highest BCUT2D eigenvalue weighted by atomic mass is 79.9. The fourth-order valence-electron chi connectivity index (χ4n) is 1.69. The van der Waals surface area contributed by atoms with Gasteiger partial charge in [-0.05, 0) is 34.8 Å². The molecule has 0 bridgehead atoms. The van der Waals surface area contributed by atoms with Crippen molar-refractivity contribution in [1.82, 2.24) is 4.98 Å². The summed E-state index contributed by atoms with van der Waals surface area (Å²) in [5, 5.41) is 0. The normalized spacial score (nSPS) is 20.0. The number of ether oxygens (including phenoxy) is 2. The molecule has 0 amide bonds. The summed E-state index contributed by atoms with van der Waals surface area (Å²) in [6.45, 7) is 1.82. The smallest absolute Gasteiger partial charge is 0.217 e. The van der Waals surface area contributed by atoms with E-state index in [9.17, 15) is 0 Å². The van der Waals surface area contributed by atoms with E-state index in [2.05, 4.69) is 20.9 Å². The van der Waals surface area contributed by atoms with Crippen LogP contribution < -0.4 is 10.5 Å². The highest BCUT2D eigenvalue weighted by Gasteiger charge is 2.17. The Bertz CT molecular complexity index is 354. The van der Waals surface area contributed by atoms with Crippen molar-refractivity contribution in [1.29, 1.82) is 0 Å². The number of hydrogen-bond acceptors (Lipinski definition) is 4. The summed E-state index contributed by atoms with van der Waals surface area (Å²) < 4.78 is 12.0. The van der Waals surface area contributed by atoms with Crippen LogP contribution in [0.15, 0.2) is 16.7 Å². The van der Waals surface area contributed by atoms with E-state index in [0.29, 0.717) is 19.0 Å². The summed E-state index contributed by atoms with van der Waals surface area (Å²) in [4.78, 5) is 4.21. The van der Waals surface area contributed by atoms with E-state index in [1.54, 1.807) is 6.20 Å². The number of pyridine rings is 1. The minimum absolute atomic E-state index is 0.205. The van der Waals surface area contributed by atoms with Crippen LogP contribution >= 0.6 is 15.9 Å². The fraction of sp³-hybridized carbons (Fsp3) is 0.545. The average molecular weight is 287 g/mol. The van der Waals surface area contributed by atoms with Gasteiger partial charge in [0.1, 0.15) is 6.61 Å². The molecule has 0 spiro atoms. The van der Waals surface area contributed by atoms with E-state index >= 15 is 0 Å². The zero-order chi connectivity index (χ0) is 11.4. The van der Waals surface area contributed by atoms with Crippen LogP contribution in [0.1, 0.15) is 18.4 Å². The summed E-state index contributed by atoms with van der Waals surface area (Å²) in [5.74, 6) is 0.612. The van der Waals surface area contributed by atoms with Gasteiger partial charge in [-0.15, -0.1) is 0 Å². The third kappa shape index (κ3) is 2.93. The van der Waals surface area contributed by atoms with Crippen LogP contribution in [0.2, 0.25) is 0 Å². The molecule has 2 rings (SSSR count). The van der Waals surface area contributed by atoms with Crippen molar-refractivity contribution in [3.05, 3.63) is 22.3 Å². The molecule has 1 unspecified atom stereocenters. The average Bonchev–Trinajstić information content (AvgIpc) is 2.80. The molecule has 1 aliphatic heterocycles. The van der Waals surface area contributed by atoms with Crippen LogP contribution in [0.25, 0.3) is 0 Å². The van der Waals surface area contributed by atoms with Crippen molar-refractivity contribution in [2.75, 3.05) is 13.2 Å². The van der Waals surface area contributed by atoms with Crippen molar-refractivity contribution in [2.45, 2.75) is 25.5 Å². The number of nitrogens with zero attached hydrogens (tertiary/aromatic N) is 1. The van der Waals surface area contributed by atoms with E-state index in [-0.39, 0.29) is 6.10 Å². The predicted molar refractivity (Wildman–Crippen MR) is 64.3 cm³/mol. The van der Waals surface area contributed by atoms with Gasteiger partial charge in [0.15, 0.2) is 0 Å². The minimum atomic E-state index is 0.205. The Morgan fingerprint density at radius 3 is 3.19 bits per heavy atom. The number of hydrogen-bond donors (Lipinski definition) is 1. The van der Waals surface area contributed by atoms with Crippen LogP contribution in [0.3, 0.4) is 0 Å². The SMILES string of the molecule is NCc1cc(Br)cnc1OCC1CCCO1. The van der Waals surface area contributed by atoms with Crippen molar-refractivity contribution < 1.29 is 9.47 Å². The Labute approximate surface area is 103 Å². The van der Waals surface area contributed by atoms with E-state index in [4.69, 9.17) is 15.2 Å². The van der Waals surface area contributed by atoms with Crippen LogP contribution in [0.5, 0.6) is 5.88 Å². The lowest BCUT2D eigenvalue weighted by Gasteiger charge is -2.13. The first-order valence-corrected chi connectivity index (χ1v) is 6.18. The molecular formula is C11H15BrN2O2. The summed E-state index contributed by atoms with van der Waals surface area (Å²) in [5.41, 5.74) is 6.54. The monoisotopic (exact) mass is 286 g/mol. The Balaban J connectivity index is 1.97. The Morgan fingerprint density at radius 2 is 2.50 bits per heavy atom. The van der Waals surface area contributed by atoms with Crippen molar-refractivity contribution >= 4 is 15.9 Å². The summed E-state index contributed by atoms with van der Waals surface area (Å²) >= 11 is 3.36. The highest BCUT2D eigenvalue weighted by molar-refractivity contribution is 9.10. The zero-order valence-electron chi connectivity index (χ0n) is 8.99. The van der Waals surface area contributed by atoms with Gasteiger partial charge < -0.3 is 15.2 Å². The number of nitrogens with two attached hydrogens (primary N) is 1. The second-order valence-electron chi connectivity index (χ2n) is 3.77. The third-order valence-electron chi connectivity index (χ3n) is 2.54. The molecule has 16 heavy (non-hydrogen) atoms. The number of halogens is 1. The third-order valence-corrected chi connectivity index (χ3v) is 2.98. The largest absolute Gasteiger partial charge is 0.475 e. The molecular weight excluding hydrogens is 272 g/mol. The van der Waals surface area contributed by atoms with Gasteiger partial charge in [-0.2, -0.15) is 0 Å². The van der Waals surface area contributed by atoms with E-state index < -0.39 is 0 Å². The predicted octanol–water partition coefficient (Wildman–Crippen LogP) is 1.86. The fourth-order valence-corrected chi connectivity index (χ4v) is 2.07. The lowest BCUT2D eigenvalue weighted by molar-refractivity contribution is 0.0659. The topological polar surface area (TPSA) is 57.4 Å². The maximum atomic E-state index is 5.63. The van der Waals surface area contributed by atoms with Crippen LogP contribution in [0, 0.1) is 0 Å². The maximum absolute atomic E-state index is 5.63. The van der Waals surface area contributed by atoms with Crippen LogP contribution in [0.4, 0.5) is 0 Å². The Hall–Kier alpha value is -0.650. The minimum Gasteiger partial charge on any atom is -0.475 e. The van der Waals surface area contributed by atoms with E-state index in [1.807, 2.05) is 6.07 Å². The second kappa shape index (κ2) is 5.61. The van der Waals surface area contributed by atoms with Crippen molar-refractivity contribution in [2.24, 2.45) is 5.73 Å². The summed E-state index contributed by atoms with van der Waals surface area (Å²) in [7, 11) is 0. The molecule has 0 radical (unpaired) electrons. The quantitative estimate of drug-likeness (QED) is 0.918. The lowest BCUT2D eigenvalue weighted by Crippen LogP contribution is -2.17. The molecule has 1 aromatic heterocycles. The van der Waals surface area contributed by atoms with Gasteiger partial charge in [0.2, 0.25) is 5.88 Å². The molecule has 1 aromatic rings. The molecule has 1 fully saturated rings. The molecule has 4 nitrogen and oxygen atoms in total. The van der Waals surface area contributed by atoms with Crippen molar-refractivity contribution in [3.8, 4) is 5.88 Å². The van der Waals surface area contributed by atoms with Gasteiger partial charge in [0, 0.05) is 29.4 Å². The molecule has 2 N–H and O–H groups in total. The Morgan fingerprint density at radius 1 is 1.62 bits per heavy atom. The molecule has 1 atom stereocenters. The first kappa shape index (κ1) is 11.8. The summed E-state index contributed by atoms with van der Waals surface area (Å²) in [6, 6.07) is 1.93. The first-order chi connectivity index (χ1) is 7.79. The van der Waals surface area contributed by atoms with Gasteiger partial charge >= 0.3 is 0 Å². The highest BCUT2D eigenvalue weighted by Crippen LogP contribution is 2.21. The van der Waals surface area contributed by atoms with E-state index in [0.717, 1.165) is 29.5 Å². The molecule has 1 aliphatic rings. The van der Waals surface area contributed by atoms with Gasteiger partial charge in [0.05, 0.1) is 6.10 Å². The van der Waals surface area contributed by atoms with Gasteiger partial charge in [-0.1, -0.05) is 0 Å². The number of aromatic nitrogens is 1. The lowest BCUT2D eigenvalue weighted by atomic mass is 10.2. The van der Waals surface area contributed by atoms with Gasteiger partial charge in [-0.3, -0.25) is 0 Å². The van der Waals surface area contributed by atoms with Crippen LogP contribution in [-0.2, 0) is 11.3 Å². The molecule has 88 valence electrons. The van der Waals surface area contributed by atoms with E-state index in [1.165, 1.54) is 0 Å². The molecule has 0 aromatic carbocycles. The number of rotatable bonds is 4. The van der Waals surface area contributed by atoms with Gasteiger partial charge in [0.25, 0.3) is 0 Å². The van der Waals surface area contributed by atoms with Gasteiger partial charge in [-0.25, -0.2) is 4.98 Å². The molecule has 5 heteroatoms. The first-order valence-electron chi connectivity index (χ1n) is 5.38. The maximum Gasteiger partial charge on any atom is 0.217 e. The Kier molecular flexibility index (Phi) is 4.15. The zero-order valence-corrected chi connectivity index (χ0v) is 10.6. The van der Waals surface area contributed by atoms with Crippen LogP contribution in [-0.4, -0.2) is 24.3 Å². The molecule has 0 saturated carbocycles. The second-order valence-corrected chi connectivity index (χ2v) is 4.68. The molecule has 0 aliphatic carbocycles. The molecule has 2 heterocycles.